The number of carbonyl (C=O) groups excluding carboxylic acids is 4. The molecule has 502 valence electrons. The number of hydrogen-bond acceptors (Lipinski definition) is 28. The number of rotatable bonds is 31. The molecule has 4 saturated heterocycles. The van der Waals surface area contributed by atoms with Crippen LogP contribution in [0, 0.1) is 12.8 Å². The minimum atomic E-state index is -3.81. The van der Waals surface area contributed by atoms with Gasteiger partial charge in [-0.3, -0.25) is 24.2 Å². The predicted octanol–water partition coefficient (Wildman–Crippen LogP) is -0.937. The van der Waals surface area contributed by atoms with Gasteiger partial charge in [0.15, 0.2) is 23.3 Å². The standard InChI is InChI=1S/C58H73BBrN5O26S/c1-30-19-35-43(44(71)42-34(48(35)80-2)5-4-6-38(42)69)49-41(30)50-51-56(28-68,89-49)57(27-60,58(90-50,91-51)32(23-66)24-67)86-29-63(10-18-92(3,78)79)55(77)85-25-31-7-8-39(87-54-47(74)45(72)46(73)53(76)88-54)37(20-31)65-22-33(61-62-65)26-84-17-16-83-15-14-82-13-12-81-11-9-64-40(70)21-36(59)52(64)75/h7-8,19-20,22,32,36,45-47,50-51,53-54,66-68,71-74,76H,4-6,9-18,21,23-29H2,1-3H3/t36?,45-,46-,47+,50?,51?,53-,54+,56+,57-,58?/m0/s1. The number of phenolic OH excluding ortho intramolecular Hbond substituents is 1. The number of ketones is 1. The van der Waals surface area contributed by atoms with Crippen LogP contribution in [0.3, 0.4) is 0 Å². The Balaban J connectivity index is 0.848. The molecule has 6 aliphatic rings. The van der Waals surface area contributed by atoms with Gasteiger partial charge in [0, 0.05) is 53.3 Å². The number of sulfone groups is 1. The molecule has 10 rings (SSSR count). The average molecular weight is 1380 g/mol. The Bertz CT molecular complexity index is 3490. The van der Waals surface area contributed by atoms with E-state index in [1.165, 1.54) is 36.2 Å². The summed E-state index contributed by atoms with van der Waals surface area (Å²) in [6.07, 6.45) is -9.40. The number of phenols is 1. The van der Waals surface area contributed by atoms with Crippen LogP contribution in [-0.4, -0.2) is 270 Å². The van der Waals surface area contributed by atoms with Gasteiger partial charge in [-0.05, 0) is 49.1 Å². The number of aliphatic hydroxyl groups excluding tert-OH is 7. The van der Waals surface area contributed by atoms with Gasteiger partial charge in [0.05, 0.1) is 123 Å². The number of fused-ring (bicyclic) bond motifs is 6. The molecule has 6 heterocycles. The smallest absolute Gasteiger partial charge is 0.411 e. The number of amides is 3. The molecule has 4 fully saturated rings. The zero-order valence-electron chi connectivity index (χ0n) is 50.5. The maximum atomic E-state index is 14.5. The van der Waals surface area contributed by atoms with Crippen LogP contribution < -0.4 is 14.2 Å². The molecule has 1 aromatic heterocycles. The zero-order valence-corrected chi connectivity index (χ0v) is 52.9. The fraction of sp³-hybridized carbons (Fsp3) is 0.621. The molecule has 2 bridgehead atoms. The van der Waals surface area contributed by atoms with Gasteiger partial charge < -0.3 is 97.7 Å². The van der Waals surface area contributed by atoms with Crippen molar-refractivity contribution in [2.24, 2.45) is 5.92 Å². The minimum Gasteiger partial charge on any atom is -0.506 e. The normalized spacial score (nSPS) is 27.4. The maximum Gasteiger partial charge on any atom is 0.411 e. The number of benzene rings is 3. The molecule has 1 aliphatic carbocycles. The van der Waals surface area contributed by atoms with E-state index < -0.39 is 145 Å². The van der Waals surface area contributed by atoms with E-state index in [0.29, 0.717) is 46.4 Å². The van der Waals surface area contributed by atoms with Gasteiger partial charge in [-0.2, -0.15) is 0 Å². The number of imide groups is 1. The summed E-state index contributed by atoms with van der Waals surface area (Å²) in [6.45, 7) is -1.19. The van der Waals surface area contributed by atoms with Crippen molar-refractivity contribution in [3.05, 3.63) is 64.0 Å². The Hall–Kier alpha value is -5.77. The minimum absolute atomic E-state index is 0.0132. The van der Waals surface area contributed by atoms with Crippen LogP contribution >= 0.6 is 15.9 Å². The topological polar surface area (TPSA) is 412 Å². The summed E-state index contributed by atoms with van der Waals surface area (Å²) in [5.74, 6) is -6.20. The second kappa shape index (κ2) is 28.7. The van der Waals surface area contributed by atoms with Gasteiger partial charge in [-0.1, -0.05) is 27.2 Å². The molecule has 0 spiro atoms. The molecule has 0 saturated carbocycles. The third-order valence-electron chi connectivity index (χ3n) is 17.2. The fourth-order valence-corrected chi connectivity index (χ4v) is 14.1. The van der Waals surface area contributed by atoms with E-state index >= 15 is 0 Å². The molecule has 2 radical (unpaired) electrons. The first kappa shape index (κ1) is 69.1. The molecule has 92 heavy (non-hydrogen) atoms. The Morgan fingerprint density at radius 2 is 1.64 bits per heavy atom. The summed E-state index contributed by atoms with van der Waals surface area (Å²) in [4.78, 5) is 53.8. The number of aliphatic hydroxyl groups is 7. The quantitative estimate of drug-likeness (QED) is 0.00991. The molecular formula is C58H73BBrN5O26S. The van der Waals surface area contributed by atoms with Gasteiger partial charge >= 0.3 is 6.09 Å². The van der Waals surface area contributed by atoms with Gasteiger partial charge in [0.2, 0.25) is 23.9 Å². The number of aromatic nitrogens is 3. The van der Waals surface area contributed by atoms with Crippen molar-refractivity contribution in [1.82, 2.24) is 24.8 Å². The molecule has 8 N–H and O–H groups in total. The summed E-state index contributed by atoms with van der Waals surface area (Å²) < 4.78 is 99.5. The molecule has 31 nitrogen and oxygen atoms in total. The zero-order chi connectivity index (χ0) is 66.0. The Morgan fingerprint density at radius 1 is 0.935 bits per heavy atom. The van der Waals surface area contributed by atoms with Crippen LogP contribution in [-0.2, 0) is 81.7 Å². The Labute approximate surface area is 536 Å². The van der Waals surface area contributed by atoms with Crippen molar-refractivity contribution < 1.29 is 125 Å². The van der Waals surface area contributed by atoms with E-state index in [9.17, 15) is 68.4 Å². The summed E-state index contributed by atoms with van der Waals surface area (Å²) in [7, 11) is 3.25. The summed E-state index contributed by atoms with van der Waals surface area (Å²) in [5, 5.41) is 96.1. The highest BCUT2D eigenvalue weighted by Crippen LogP contribution is 2.69. The third kappa shape index (κ3) is 13.0. The second-order valence-corrected chi connectivity index (χ2v) is 25.9. The van der Waals surface area contributed by atoms with Crippen molar-refractivity contribution in [2.45, 2.75) is 112 Å². The van der Waals surface area contributed by atoms with Crippen LogP contribution in [0.5, 0.6) is 23.0 Å². The monoisotopic (exact) mass is 1380 g/mol. The van der Waals surface area contributed by atoms with Crippen molar-refractivity contribution in [3.63, 3.8) is 0 Å². The largest absolute Gasteiger partial charge is 0.506 e. The molecule has 4 unspecified atom stereocenters. The van der Waals surface area contributed by atoms with Crippen LogP contribution in [0.2, 0.25) is 5.82 Å². The highest BCUT2D eigenvalue weighted by atomic mass is 79.9. The number of aryl methyl sites for hydroxylation is 1. The molecule has 11 atom stereocenters. The Morgan fingerprint density at radius 3 is 2.29 bits per heavy atom. The lowest BCUT2D eigenvalue weighted by atomic mass is 9.68. The van der Waals surface area contributed by atoms with Crippen LogP contribution in [0.25, 0.3) is 16.5 Å². The van der Waals surface area contributed by atoms with E-state index in [-0.39, 0.29) is 123 Å². The van der Waals surface area contributed by atoms with Crippen molar-refractivity contribution in [3.8, 4) is 28.7 Å². The number of hydrogen-bond donors (Lipinski definition) is 8. The van der Waals surface area contributed by atoms with Crippen LogP contribution in [0.1, 0.15) is 63.7 Å². The number of methoxy groups -OCH3 is 1. The highest BCUT2D eigenvalue weighted by Gasteiger charge is 2.86. The molecule has 5 aliphatic heterocycles. The number of nitrogens with zero attached hydrogens (tertiary/aromatic N) is 5. The first-order valence-electron chi connectivity index (χ1n) is 29.6. The molecular weight excluding hydrogens is 1310 g/mol. The van der Waals surface area contributed by atoms with Gasteiger partial charge in [0.1, 0.15) is 88.1 Å². The van der Waals surface area contributed by atoms with Crippen molar-refractivity contribution in [2.75, 3.05) is 110 Å². The maximum absolute atomic E-state index is 14.5. The van der Waals surface area contributed by atoms with E-state index in [1.807, 2.05) is 0 Å². The lowest BCUT2D eigenvalue weighted by Crippen LogP contribution is -2.77. The third-order valence-corrected chi connectivity index (χ3v) is 18.9. The summed E-state index contributed by atoms with van der Waals surface area (Å²) >= 11 is 3.54. The Kier molecular flexibility index (Phi) is 21.5. The number of carbonyl (C=O) groups is 4. The number of likely N-dealkylation sites (tertiary alicyclic amines) is 1. The average Bonchev–Trinajstić information content (AvgIpc) is 1.46. The fourth-order valence-electron chi connectivity index (χ4n) is 12.5. The number of ether oxygens (including phenoxy) is 12. The first-order valence-corrected chi connectivity index (χ1v) is 32.8. The number of halogens is 1. The van der Waals surface area contributed by atoms with E-state index in [2.05, 4.69) is 26.2 Å². The van der Waals surface area contributed by atoms with Gasteiger partial charge in [-0.25, -0.2) is 17.9 Å². The predicted molar refractivity (Wildman–Crippen MR) is 317 cm³/mol. The molecule has 3 amide bonds. The van der Waals surface area contributed by atoms with Gasteiger partial charge in [0.25, 0.3) is 0 Å². The number of aromatic hydroxyl groups is 1. The molecule has 4 aromatic rings. The molecule has 34 heteroatoms. The lowest BCUT2D eigenvalue weighted by molar-refractivity contribution is -0.336. The van der Waals surface area contributed by atoms with Crippen LogP contribution in [0.15, 0.2) is 30.5 Å². The first-order chi connectivity index (χ1) is 44.0. The number of alkyl halides is 1. The van der Waals surface area contributed by atoms with E-state index in [1.54, 1.807) is 13.0 Å². The SMILES string of the molecule is [B]C1CC(=O)N(CCOCCOCCOCCOCc2cn(-c3cc(COC(=O)N(CCS(C)(=O)=O)CO[C@]4(CBr)C5(C(CO)CO)OC6c7c(C)cc8c(OC)c9c(c(O)c8c7O[C@]4(CO)C6O5)C(=O)CCC9)ccc3O[C@@H]3O[C@H](O)[C@@H](O)[C@H](O)[C@H]3O)nn2)C1=O. The lowest BCUT2D eigenvalue weighted by Gasteiger charge is -2.57. The van der Waals surface area contributed by atoms with E-state index in [0.717, 1.165) is 16.1 Å². The summed E-state index contributed by atoms with van der Waals surface area (Å²) in [5.41, 5.74) is -2.15. The molecule has 3 aromatic carbocycles. The van der Waals surface area contributed by atoms with Gasteiger partial charge in [-0.15, -0.1) is 5.10 Å². The summed E-state index contributed by atoms with van der Waals surface area (Å²) in [6, 6.07) is 5.98. The second-order valence-electron chi connectivity index (χ2n) is 23.0. The number of Topliss-reactive ketones (excluding diaryl/α,β-unsaturated/α-hetero) is 1. The van der Waals surface area contributed by atoms with Crippen molar-refractivity contribution in [1.29, 1.82) is 0 Å². The van der Waals surface area contributed by atoms with Crippen LogP contribution in [0.4, 0.5) is 4.79 Å². The van der Waals surface area contributed by atoms with Crippen molar-refractivity contribution >= 4 is 68.1 Å². The highest BCUT2D eigenvalue weighted by molar-refractivity contribution is 9.09. The van der Waals surface area contributed by atoms with E-state index in [4.69, 9.17) is 64.7 Å².